The third-order valence-corrected chi connectivity index (χ3v) is 6.19. The van der Waals surface area contributed by atoms with Crippen molar-refractivity contribution >= 4 is 27.4 Å². The molecule has 0 fully saturated rings. The van der Waals surface area contributed by atoms with Crippen LogP contribution in [-0.2, 0) is 10.0 Å². The molecule has 9 nitrogen and oxygen atoms in total. The summed E-state index contributed by atoms with van der Waals surface area (Å²) in [7, 11) is -1.20. The zero-order valence-corrected chi connectivity index (χ0v) is 17.4. The molecular formula is C21H18N2O7S. The molecule has 0 aromatic heterocycles. The number of sulfonamides is 1. The third kappa shape index (κ3) is 4.64. The normalized spacial score (nSPS) is 10.9. The van der Waals surface area contributed by atoms with Crippen molar-refractivity contribution in [1.29, 1.82) is 0 Å². The van der Waals surface area contributed by atoms with Crippen LogP contribution < -0.4 is 13.8 Å². The number of rotatable bonds is 7. The van der Waals surface area contributed by atoms with E-state index < -0.39 is 26.6 Å². The number of hydrogen-bond acceptors (Lipinski definition) is 7. The summed E-state index contributed by atoms with van der Waals surface area (Å²) >= 11 is 0. The van der Waals surface area contributed by atoms with E-state index in [1.165, 1.54) is 44.5 Å². The predicted molar refractivity (Wildman–Crippen MR) is 113 cm³/mol. The summed E-state index contributed by atoms with van der Waals surface area (Å²) in [5.74, 6) is -0.998. The van der Waals surface area contributed by atoms with Crippen molar-refractivity contribution in [3.05, 3.63) is 88.5 Å². The number of nitro groups is 1. The number of ether oxygens (including phenoxy) is 2. The van der Waals surface area contributed by atoms with E-state index in [-0.39, 0.29) is 22.0 Å². The molecule has 0 aliphatic heterocycles. The van der Waals surface area contributed by atoms with Crippen LogP contribution in [0.1, 0.15) is 10.4 Å². The monoisotopic (exact) mass is 442 g/mol. The Hall–Kier alpha value is -3.92. The van der Waals surface area contributed by atoms with Crippen LogP contribution >= 0.6 is 0 Å². The standard InChI is InChI=1S/C21H18N2O7S/c1-22(16-8-4-3-5-9-16)31(27,28)18-10-6-7-15(13-18)21(24)30-20-12-11-17(29-2)14-19(20)23(25)26/h3-14H,1-2H3. The largest absolute Gasteiger partial charge is 0.496 e. The molecule has 3 aromatic rings. The first-order valence-corrected chi connectivity index (χ1v) is 10.4. The minimum Gasteiger partial charge on any atom is -0.496 e. The molecule has 0 atom stereocenters. The molecule has 0 N–H and O–H groups in total. The Kier molecular flexibility index (Phi) is 6.21. The van der Waals surface area contributed by atoms with Crippen molar-refractivity contribution in [2.45, 2.75) is 4.90 Å². The molecule has 0 aliphatic carbocycles. The minimum absolute atomic E-state index is 0.0762. The summed E-state index contributed by atoms with van der Waals surface area (Å²) < 4.78 is 37.1. The lowest BCUT2D eigenvalue weighted by Gasteiger charge is -2.19. The van der Waals surface area contributed by atoms with Gasteiger partial charge in [-0.2, -0.15) is 0 Å². The molecule has 0 saturated carbocycles. The van der Waals surface area contributed by atoms with Gasteiger partial charge in [-0.1, -0.05) is 24.3 Å². The smallest absolute Gasteiger partial charge is 0.343 e. The van der Waals surface area contributed by atoms with Crippen molar-refractivity contribution in [3.63, 3.8) is 0 Å². The number of methoxy groups -OCH3 is 1. The molecule has 0 unspecified atom stereocenters. The summed E-state index contributed by atoms with van der Waals surface area (Å²) in [6.07, 6.45) is 0. The fourth-order valence-electron chi connectivity index (χ4n) is 2.73. The molecule has 0 saturated heterocycles. The van der Waals surface area contributed by atoms with E-state index in [0.29, 0.717) is 5.69 Å². The first-order chi connectivity index (χ1) is 14.7. The molecule has 0 heterocycles. The number of para-hydroxylation sites is 1. The Balaban J connectivity index is 1.90. The van der Waals surface area contributed by atoms with Gasteiger partial charge in [-0.15, -0.1) is 0 Å². The lowest BCUT2D eigenvalue weighted by atomic mass is 10.2. The van der Waals surface area contributed by atoms with Crippen molar-refractivity contribution in [2.24, 2.45) is 0 Å². The van der Waals surface area contributed by atoms with Gasteiger partial charge in [0.15, 0.2) is 0 Å². The van der Waals surface area contributed by atoms with Gasteiger partial charge in [0.1, 0.15) is 5.75 Å². The van der Waals surface area contributed by atoms with Crippen molar-refractivity contribution < 1.29 is 27.6 Å². The number of anilines is 1. The van der Waals surface area contributed by atoms with Crippen LogP contribution in [0.5, 0.6) is 11.5 Å². The molecule has 3 aromatic carbocycles. The van der Waals surface area contributed by atoms with Crippen molar-refractivity contribution in [1.82, 2.24) is 0 Å². The Labute approximate surface area is 178 Å². The van der Waals surface area contributed by atoms with Crippen LogP contribution in [-0.4, -0.2) is 33.5 Å². The number of benzene rings is 3. The highest BCUT2D eigenvalue weighted by atomic mass is 32.2. The molecule has 0 spiro atoms. The highest BCUT2D eigenvalue weighted by molar-refractivity contribution is 7.92. The number of carbonyl (C=O) groups excluding carboxylic acids is 1. The summed E-state index contributed by atoms with van der Waals surface area (Å²) in [5.41, 5.74) is -0.0859. The minimum atomic E-state index is -3.95. The fourth-order valence-corrected chi connectivity index (χ4v) is 3.97. The SMILES string of the molecule is COc1ccc(OC(=O)c2cccc(S(=O)(=O)N(C)c3ccccc3)c2)c([N+](=O)[O-])c1. The second kappa shape index (κ2) is 8.84. The van der Waals surface area contributed by atoms with Crippen LogP contribution in [0.15, 0.2) is 77.7 Å². The van der Waals surface area contributed by atoms with Crippen LogP contribution in [0, 0.1) is 10.1 Å². The molecule has 0 radical (unpaired) electrons. The predicted octanol–water partition coefficient (Wildman–Crippen LogP) is 3.65. The number of carbonyl (C=O) groups is 1. The molecule has 160 valence electrons. The molecule has 0 bridgehead atoms. The quantitative estimate of drug-likeness (QED) is 0.237. The van der Waals surface area contributed by atoms with E-state index in [9.17, 15) is 23.3 Å². The van der Waals surface area contributed by atoms with Gasteiger partial charge in [0.05, 0.1) is 34.2 Å². The van der Waals surface area contributed by atoms with Crippen molar-refractivity contribution in [2.75, 3.05) is 18.5 Å². The fraction of sp³-hybridized carbons (Fsp3) is 0.0952. The van der Waals surface area contributed by atoms with E-state index in [1.54, 1.807) is 30.3 Å². The Bertz CT molecular complexity index is 1230. The van der Waals surface area contributed by atoms with Gasteiger partial charge in [0, 0.05) is 7.05 Å². The number of nitro benzene ring substituents is 1. The van der Waals surface area contributed by atoms with Crippen LogP contribution in [0.3, 0.4) is 0 Å². The van der Waals surface area contributed by atoms with E-state index in [4.69, 9.17) is 9.47 Å². The highest BCUT2D eigenvalue weighted by Gasteiger charge is 2.24. The molecule has 3 rings (SSSR count). The number of nitrogens with zero attached hydrogens (tertiary/aromatic N) is 2. The lowest BCUT2D eigenvalue weighted by molar-refractivity contribution is -0.385. The average Bonchev–Trinajstić information content (AvgIpc) is 2.79. The maximum atomic E-state index is 13.0. The van der Waals surface area contributed by atoms with Gasteiger partial charge in [-0.3, -0.25) is 14.4 Å². The Morgan fingerprint density at radius 3 is 2.35 bits per heavy atom. The van der Waals surface area contributed by atoms with E-state index in [1.807, 2.05) is 0 Å². The molecule has 0 amide bonds. The zero-order valence-electron chi connectivity index (χ0n) is 16.6. The van der Waals surface area contributed by atoms with E-state index >= 15 is 0 Å². The Morgan fingerprint density at radius 2 is 1.71 bits per heavy atom. The summed E-state index contributed by atoms with van der Waals surface area (Å²) in [4.78, 5) is 23.0. The molecule has 31 heavy (non-hydrogen) atoms. The average molecular weight is 442 g/mol. The first-order valence-electron chi connectivity index (χ1n) is 8.92. The maximum absolute atomic E-state index is 13.0. The van der Waals surface area contributed by atoms with Crippen LogP contribution in [0.2, 0.25) is 0 Å². The second-order valence-corrected chi connectivity index (χ2v) is 8.29. The van der Waals surface area contributed by atoms with Gasteiger partial charge in [-0.25, -0.2) is 13.2 Å². The van der Waals surface area contributed by atoms with Crippen LogP contribution in [0.4, 0.5) is 11.4 Å². The topological polar surface area (TPSA) is 116 Å². The summed E-state index contributed by atoms with van der Waals surface area (Å²) in [6.45, 7) is 0. The second-order valence-electron chi connectivity index (χ2n) is 6.32. The van der Waals surface area contributed by atoms with Gasteiger partial charge in [0.25, 0.3) is 10.0 Å². The molecule has 10 heteroatoms. The summed E-state index contributed by atoms with van der Waals surface area (Å²) in [5, 5.41) is 11.3. The third-order valence-electron chi connectivity index (χ3n) is 4.41. The maximum Gasteiger partial charge on any atom is 0.343 e. The van der Waals surface area contributed by atoms with Gasteiger partial charge < -0.3 is 9.47 Å². The van der Waals surface area contributed by atoms with Crippen LogP contribution in [0.25, 0.3) is 0 Å². The number of hydrogen-bond donors (Lipinski definition) is 0. The van der Waals surface area contributed by atoms with Crippen molar-refractivity contribution in [3.8, 4) is 11.5 Å². The van der Waals surface area contributed by atoms with Gasteiger partial charge in [-0.05, 0) is 42.5 Å². The summed E-state index contributed by atoms with van der Waals surface area (Å²) in [6, 6.07) is 17.5. The molecule has 0 aliphatic rings. The highest BCUT2D eigenvalue weighted by Crippen LogP contribution is 2.32. The zero-order chi connectivity index (χ0) is 22.6. The van der Waals surface area contributed by atoms with Gasteiger partial charge >= 0.3 is 11.7 Å². The van der Waals surface area contributed by atoms with Gasteiger partial charge in [0.2, 0.25) is 5.75 Å². The van der Waals surface area contributed by atoms with E-state index in [0.717, 1.165) is 16.4 Å². The Morgan fingerprint density at radius 1 is 1.00 bits per heavy atom. The first kappa shape index (κ1) is 21.8. The van der Waals surface area contributed by atoms with E-state index in [2.05, 4.69) is 0 Å². The molecular weight excluding hydrogens is 424 g/mol. The number of esters is 1. The lowest BCUT2D eigenvalue weighted by Crippen LogP contribution is -2.26.